The van der Waals surface area contributed by atoms with Gasteiger partial charge >= 0.3 is 0 Å². The maximum atomic E-state index is 12.5. The molecule has 2 fully saturated rings. The molecule has 2 saturated heterocycles. The van der Waals surface area contributed by atoms with Gasteiger partial charge in [-0.15, -0.1) is 5.10 Å². The Balaban J connectivity index is 1.52. The Morgan fingerprint density at radius 2 is 2.13 bits per heavy atom. The third kappa shape index (κ3) is 2.48. The molecule has 2 aromatic rings. The number of fused-ring (bicyclic) bond motifs is 1. The van der Waals surface area contributed by atoms with Crippen LogP contribution in [0, 0.1) is 0 Å². The molecule has 23 heavy (non-hydrogen) atoms. The van der Waals surface area contributed by atoms with E-state index in [1.807, 2.05) is 17.0 Å². The van der Waals surface area contributed by atoms with Crippen molar-refractivity contribution in [3.63, 3.8) is 0 Å². The summed E-state index contributed by atoms with van der Waals surface area (Å²) in [5, 5.41) is 5.51. The lowest BCUT2D eigenvalue weighted by atomic mass is 10.1. The van der Waals surface area contributed by atoms with Crippen LogP contribution in [0.5, 0.6) is 0 Å². The average Bonchev–Trinajstić information content (AvgIpc) is 3.27. The first-order valence-electron chi connectivity index (χ1n) is 7.50. The molecule has 0 bridgehead atoms. The third-order valence-corrected chi connectivity index (χ3v) is 5.06. The molecule has 2 amide bonds. The molecule has 0 spiro atoms. The number of rotatable bonds is 3. The zero-order valence-electron chi connectivity index (χ0n) is 12.3. The number of likely N-dealkylation sites (tertiary alicyclic amines) is 2. The molecule has 7 nitrogen and oxygen atoms in total. The van der Waals surface area contributed by atoms with E-state index in [2.05, 4.69) is 14.6 Å². The van der Waals surface area contributed by atoms with Crippen LogP contribution in [0.4, 0.5) is 0 Å². The van der Waals surface area contributed by atoms with E-state index in [4.69, 9.17) is 0 Å². The van der Waals surface area contributed by atoms with E-state index in [-0.39, 0.29) is 23.9 Å². The summed E-state index contributed by atoms with van der Waals surface area (Å²) in [6, 6.07) is 3.86. The normalized spacial score (nSPS) is 23.4. The highest BCUT2D eigenvalue weighted by Crippen LogP contribution is 2.34. The van der Waals surface area contributed by atoms with E-state index in [1.54, 1.807) is 22.7 Å². The summed E-state index contributed by atoms with van der Waals surface area (Å²) in [6.07, 6.45) is 4.66. The van der Waals surface area contributed by atoms with Gasteiger partial charge in [0.15, 0.2) is 5.69 Å². The van der Waals surface area contributed by atoms with E-state index in [9.17, 15) is 9.59 Å². The van der Waals surface area contributed by atoms with Gasteiger partial charge in [-0.05, 0) is 35.6 Å². The van der Waals surface area contributed by atoms with Crippen LogP contribution in [0.3, 0.4) is 0 Å². The van der Waals surface area contributed by atoms with Gasteiger partial charge in [0.05, 0.1) is 12.1 Å². The van der Waals surface area contributed by atoms with Crippen LogP contribution >= 0.6 is 11.5 Å². The smallest absolute Gasteiger partial charge is 0.275 e. The largest absolute Gasteiger partial charge is 0.333 e. The Labute approximate surface area is 137 Å². The Bertz CT molecular complexity index is 721. The molecule has 2 aliphatic heterocycles. The Morgan fingerprint density at radius 1 is 1.30 bits per heavy atom. The number of hydrogen-bond donors (Lipinski definition) is 0. The van der Waals surface area contributed by atoms with E-state index in [1.165, 1.54) is 0 Å². The molecule has 2 aliphatic rings. The number of carbonyl (C=O) groups excluding carboxylic acids is 2. The number of amides is 2. The summed E-state index contributed by atoms with van der Waals surface area (Å²) in [7, 11) is 0. The predicted octanol–water partition coefficient (Wildman–Crippen LogP) is 0.949. The van der Waals surface area contributed by atoms with E-state index >= 15 is 0 Å². The van der Waals surface area contributed by atoms with Gasteiger partial charge in [-0.3, -0.25) is 14.6 Å². The van der Waals surface area contributed by atoms with Gasteiger partial charge in [0.2, 0.25) is 5.91 Å². The summed E-state index contributed by atoms with van der Waals surface area (Å²) >= 11 is 1.16. The molecule has 0 aliphatic carbocycles. The highest BCUT2D eigenvalue weighted by atomic mass is 32.1. The molecule has 2 unspecified atom stereocenters. The molecular formula is C15H15N5O2S. The molecule has 2 aromatic heterocycles. The van der Waals surface area contributed by atoms with Crippen molar-refractivity contribution < 1.29 is 9.59 Å². The fourth-order valence-corrected chi connectivity index (χ4v) is 3.91. The molecule has 0 N–H and O–H groups in total. The zero-order chi connectivity index (χ0) is 15.8. The first-order valence-corrected chi connectivity index (χ1v) is 8.34. The van der Waals surface area contributed by atoms with Crippen molar-refractivity contribution in [2.24, 2.45) is 0 Å². The van der Waals surface area contributed by atoms with Crippen LogP contribution in [0.1, 0.15) is 28.9 Å². The number of carbonyl (C=O) groups is 2. The lowest BCUT2D eigenvalue weighted by Gasteiger charge is -2.25. The lowest BCUT2D eigenvalue weighted by Crippen LogP contribution is -2.39. The molecule has 2 atom stereocenters. The number of pyridine rings is 1. The van der Waals surface area contributed by atoms with Crippen molar-refractivity contribution in [3.8, 4) is 0 Å². The topological polar surface area (TPSA) is 79.3 Å². The molecule has 0 saturated carbocycles. The minimum Gasteiger partial charge on any atom is -0.333 e. The van der Waals surface area contributed by atoms with Crippen molar-refractivity contribution >= 4 is 23.3 Å². The molecule has 0 radical (unpaired) electrons. The van der Waals surface area contributed by atoms with E-state index in [0.717, 1.165) is 23.5 Å². The van der Waals surface area contributed by atoms with E-state index < -0.39 is 0 Å². The standard InChI is InChI=1S/C15H15N5O2S/c21-14-7-13-12(20(14)8-10-1-4-16-5-2-10)3-6-19(13)15(22)11-9-23-18-17-11/h1-2,4-5,9,12-13H,3,6-8H2. The van der Waals surface area contributed by atoms with Crippen LogP contribution in [0.2, 0.25) is 0 Å². The van der Waals surface area contributed by atoms with Gasteiger partial charge in [0.1, 0.15) is 0 Å². The zero-order valence-corrected chi connectivity index (χ0v) is 13.1. The van der Waals surface area contributed by atoms with Crippen molar-refractivity contribution in [1.82, 2.24) is 24.4 Å². The van der Waals surface area contributed by atoms with Crippen LogP contribution in [-0.4, -0.2) is 54.8 Å². The van der Waals surface area contributed by atoms with Crippen LogP contribution in [0.25, 0.3) is 0 Å². The SMILES string of the molecule is O=C1CC2C(CCN2C(=O)c2csnn2)N1Cc1ccncc1. The first kappa shape index (κ1) is 14.3. The number of aromatic nitrogens is 3. The van der Waals surface area contributed by atoms with E-state index in [0.29, 0.717) is 25.2 Å². The van der Waals surface area contributed by atoms with Crippen molar-refractivity contribution in [2.75, 3.05) is 6.54 Å². The highest BCUT2D eigenvalue weighted by molar-refractivity contribution is 7.03. The fraction of sp³-hybridized carbons (Fsp3) is 0.400. The summed E-state index contributed by atoms with van der Waals surface area (Å²) < 4.78 is 3.75. The van der Waals surface area contributed by atoms with Gasteiger partial charge in [-0.1, -0.05) is 4.49 Å². The average molecular weight is 329 g/mol. The van der Waals surface area contributed by atoms with Crippen LogP contribution in [0.15, 0.2) is 29.9 Å². The van der Waals surface area contributed by atoms with Crippen LogP contribution < -0.4 is 0 Å². The third-order valence-electron chi connectivity index (χ3n) is 4.56. The maximum Gasteiger partial charge on any atom is 0.275 e. The maximum absolute atomic E-state index is 12.5. The summed E-state index contributed by atoms with van der Waals surface area (Å²) in [6.45, 7) is 1.23. The summed E-state index contributed by atoms with van der Waals surface area (Å²) in [4.78, 5) is 32.6. The fourth-order valence-electron chi connectivity index (χ4n) is 3.48. The molecule has 4 rings (SSSR count). The first-order chi connectivity index (χ1) is 11.2. The second-order valence-corrected chi connectivity index (χ2v) is 6.40. The highest BCUT2D eigenvalue weighted by Gasteiger charge is 2.48. The lowest BCUT2D eigenvalue weighted by molar-refractivity contribution is -0.129. The van der Waals surface area contributed by atoms with Gasteiger partial charge in [0.25, 0.3) is 5.91 Å². The molecular weight excluding hydrogens is 314 g/mol. The summed E-state index contributed by atoms with van der Waals surface area (Å²) in [5.41, 5.74) is 1.43. The number of hydrogen-bond acceptors (Lipinski definition) is 6. The van der Waals surface area contributed by atoms with Gasteiger partial charge in [-0.2, -0.15) is 0 Å². The van der Waals surface area contributed by atoms with Crippen molar-refractivity contribution in [2.45, 2.75) is 31.5 Å². The van der Waals surface area contributed by atoms with Crippen molar-refractivity contribution in [3.05, 3.63) is 41.2 Å². The molecule has 0 aromatic carbocycles. The van der Waals surface area contributed by atoms with Gasteiger partial charge < -0.3 is 9.80 Å². The van der Waals surface area contributed by atoms with Gasteiger partial charge in [0, 0.05) is 37.3 Å². The molecule has 8 heteroatoms. The minimum absolute atomic E-state index is 0.0569. The molecule has 4 heterocycles. The Kier molecular flexibility index (Phi) is 3.53. The van der Waals surface area contributed by atoms with Gasteiger partial charge in [-0.25, -0.2) is 0 Å². The predicted molar refractivity (Wildman–Crippen MR) is 82.5 cm³/mol. The second kappa shape index (κ2) is 5.69. The Morgan fingerprint density at radius 3 is 2.87 bits per heavy atom. The quantitative estimate of drug-likeness (QED) is 0.837. The second-order valence-electron chi connectivity index (χ2n) is 5.79. The number of nitrogens with zero attached hydrogens (tertiary/aromatic N) is 5. The van der Waals surface area contributed by atoms with Crippen LogP contribution in [-0.2, 0) is 11.3 Å². The molecule has 118 valence electrons. The summed E-state index contributed by atoms with van der Waals surface area (Å²) in [5.74, 6) is -0.0180. The Hall–Kier alpha value is -2.35. The minimum atomic E-state index is -0.121. The van der Waals surface area contributed by atoms with Crippen molar-refractivity contribution in [1.29, 1.82) is 0 Å². The monoisotopic (exact) mass is 329 g/mol.